The molecule has 0 radical (unpaired) electrons. The molecule has 0 amide bonds. The van der Waals surface area contributed by atoms with E-state index in [-0.39, 0.29) is 12.2 Å². The van der Waals surface area contributed by atoms with Crippen LogP contribution in [0, 0.1) is 5.82 Å². The molecule has 1 atom stereocenters. The van der Waals surface area contributed by atoms with Crippen LogP contribution in [0.15, 0.2) is 18.2 Å². The number of hydrogen-bond acceptors (Lipinski definition) is 2. The third-order valence-electron chi connectivity index (χ3n) is 3.46. The molecule has 0 saturated carbocycles. The Morgan fingerprint density at radius 1 is 1.30 bits per heavy atom. The molecule has 0 aliphatic rings. The number of halogens is 4. The Morgan fingerprint density at radius 2 is 1.90 bits per heavy atom. The molecule has 0 bridgehead atoms. The number of Topliss-reactive ketones (excluding diaryl/α,β-unsaturated/α-hetero) is 1. The summed E-state index contributed by atoms with van der Waals surface area (Å²) in [6.45, 7) is 3.21. The SMILES string of the molecule is CCC(C)(CC(=O)C(F)(F)F)c1ccc(F)cc1OC. The lowest BCUT2D eigenvalue weighted by Crippen LogP contribution is -2.32. The van der Waals surface area contributed by atoms with Crippen molar-refractivity contribution in [2.45, 2.75) is 38.3 Å². The van der Waals surface area contributed by atoms with Gasteiger partial charge in [0.05, 0.1) is 7.11 Å². The molecular weight excluding hydrogens is 276 g/mol. The summed E-state index contributed by atoms with van der Waals surface area (Å²) in [5, 5.41) is 0. The molecule has 0 fully saturated rings. The number of methoxy groups -OCH3 is 1. The van der Waals surface area contributed by atoms with Crippen LogP contribution in [0.1, 0.15) is 32.3 Å². The van der Waals surface area contributed by atoms with Crippen molar-refractivity contribution < 1.29 is 27.1 Å². The Bertz CT molecular complexity index is 496. The third-order valence-corrected chi connectivity index (χ3v) is 3.46. The summed E-state index contributed by atoms with van der Waals surface area (Å²) < 4.78 is 55.5. The Kier molecular flexibility index (Phi) is 4.78. The van der Waals surface area contributed by atoms with Crippen molar-refractivity contribution in [1.82, 2.24) is 0 Å². The average molecular weight is 292 g/mol. The molecule has 112 valence electrons. The van der Waals surface area contributed by atoms with E-state index in [4.69, 9.17) is 4.74 Å². The van der Waals surface area contributed by atoms with Crippen molar-refractivity contribution in [3.05, 3.63) is 29.6 Å². The molecular formula is C14H16F4O2. The fourth-order valence-corrected chi connectivity index (χ4v) is 2.03. The maximum absolute atomic E-state index is 13.2. The predicted octanol–water partition coefficient (Wildman–Crippen LogP) is 4.02. The van der Waals surface area contributed by atoms with Crippen molar-refractivity contribution >= 4 is 5.78 Å². The van der Waals surface area contributed by atoms with Crippen molar-refractivity contribution in [2.75, 3.05) is 7.11 Å². The zero-order chi connectivity index (χ0) is 15.6. The smallest absolute Gasteiger partial charge is 0.450 e. The van der Waals surface area contributed by atoms with Gasteiger partial charge in [-0.3, -0.25) is 4.79 Å². The number of alkyl halides is 3. The number of carbonyl (C=O) groups is 1. The fraction of sp³-hybridized carbons (Fsp3) is 0.500. The van der Waals surface area contributed by atoms with Gasteiger partial charge in [-0.1, -0.05) is 19.9 Å². The summed E-state index contributed by atoms with van der Waals surface area (Å²) in [5.74, 6) is -2.20. The topological polar surface area (TPSA) is 26.3 Å². The zero-order valence-corrected chi connectivity index (χ0v) is 11.5. The van der Waals surface area contributed by atoms with E-state index < -0.39 is 29.6 Å². The first-order chi connectivity index (χ1) is 9.14. The van der Waals surface area contributed by atoms with E-state index in [1.54, 1.807) is 6.92 Å². The second-order valence-electron chi connectivity index (χ2n) is 4.86. The molecule has 1 aromatic rings. The molecule has 0 spiro atoms. The molecule has 0 saturated heterocycles. The van der Waals surface area contributed by atoms with E-state index in [0.717, 1.165) is 12.1 Å². The Hall–Kier alpha value is -1.59. The zero-order valence-electron chi connectivity index (χ0n) is 11.5. The normalized spacial score (nSPS) is 14.8. The van der Waals surface area contributed by atoms with Gasteiger partial charge in [0.15, 0.2) is 0 Å². The molecule has 20 heavy (non-hydrogen) atoms. The largest absolute Gasteiger partial charge is 0.496 e. The van der Waals surface area contributed by atoms with Crippen molar-refractivity contribution in [2.24, 2.45) is 0 Å². The molecule has 6 heteroatoms. The number of ketones is 1. The quantitative estimate of drug-likeness (QED) is 0.766. The van der Waals surface area contributed by atoms with Crippen LogP contribution >= 0.6 is 0 Å². The number of rotatable bonds is 5. The second kappa shape index (κ2) is 5.81. The first-order valence-electron chi connectivity index (χ1n) is 6.08. The summed E-state index contributed by atoms with van der Waals surface area (Å²) in [6, 6.07) is 3.60. The van der Waals surface area contributed by atoms with Gasteiger partial charge in [0.25, 0.3) is 0 Å². The van der Waals surface area contributed by atoms with E-state index >= 15 is 0 Å². The van der Waals surface area contributed by atoms with Gasteiger partial charge in [-0.2, -0.15) is 13.2 Å². The maximum atomic E-state index is 13.2. The van der Waals surface area contributed by atoms with Gasteiger partial charge in [0.2, 0.25) is 5.78 Å². The molecule has 1 rings (SSSR count). The lowest BCUT2D eigenvalue weighted by Gasteiger charge is -2.30. The van der Waals surface area contributed by atoms with Crippen molar-refractivity contribution in [3.63, 3.8) is 0 Å². The standard InChI is InChI=1S/C14H16F4O2/c1-4-13(2,8-12(19)14(16,17)18)10-6-5-9(15)7-11(10)20-3/h5-7H,4,8H2,1-3H3. The van der Waals surface area contributed by atoms with Crippen LogP contribution in [0.2, 0.25) is 0 Å². The second-order valence-corrected chi connectivity index (χ2v) is 4.86. The molecule has 0 aliphatic heterocycles. The Balaban J connectivity index is 3.20. The highest BCUT2D eigenvalue weighted by molar-refractivity contribution is 5.85. The number of benzene rings is 1. The van der Waals surface area contributed by atoms with Gasteiger partial charge in [-0.25, -0.2) is 4.39 Å². The minimum Gasteiger partial charge on any atom is -0.496 e. The lowest BCUT2D eigenvalue weighted by atomic mass is 9.75. The monoisotopic (exact) mass is 292 g/mol. The molecule has 0 aliphatic carbocycles. The number of ether oxygens (including phenoxy) is 1. The average Bonchev–Trinajstić information content (AvgIpc) is 2.37. The highest BCUT2D eigenvalue weighted by atomic mass is 19.4. The summed E-state index contributed by atoms with van der Waals surface area (Å²) in [6.07, 6.45) is -5.28. The van der Waals surface area contributed by atoms with E-state index in [1.807, 2.05) is 0 Å². The van der Waals surface area contributed by atoms with Crippen LogP contribution in [-0.2, 0) is 10.2 Å². The number of hydrogen-bond donors (Lipinski definition) is 0. The minimum atomic E-state index is -4.87. The van der Waals surface area contributed by atoms with Crippen LogP contribution < -0.4 is 4.74 Å². The van der Waals surface area contributed by atoms with E-state index in [2.05, 4.69) is 0 Å². The van der Waals surface area contributed by atoms with Gasteiger partial charge < -0.3 is 4.74 Å². The first kappa shape index (κ1) is 16.5. The van der Waals surface area contributed by atoms with Crippen LogP contribution in [-0.4, -0.2) is 19.1 Å². The Morgan fingerprint density at radius 3 is 2.35 bits per heavy atom. The van der Waals surface area contributed by atoms with Gasteiger partial charge in [0, 0.05) is 23.5 Å². The lowest BCUT2D eigenvalue weighted by molar-refractivity contribution is -0.172. The van der Waals surface area contributed by atoms with E-state index in [1.165, 1.54) is 20.1 Å². The summed E-state index contributed by atoms with van der Waals surface area (Å²) in [5.41, 5.74) is -0.674. The molecule has 1 unspecified atom stereocenters. The summed E-state index contributed by atoms with van der Waals surface area (Å²) in [4.78, 5) is 11.2. The summed E-state index contributed by atoms with van der Waals surface area (Å²) in [7, 11) is 1.31. The Labute approximate surface area is 114 Å². The van der Waals surface area contributed by atoms with Crippen LogP contribution in [0.3, 0.4) is 0 Å². The van der Waals surface area contributed by atoms with Gasteiger partial charge in [-0.15, -0.1) is 0 Å². The fourth-order valence-electron chi connectivity index (χ4n) is 2.03. The van der Waals surface area contributed by atoms with Crippen LogP contribution in [0.5, 0.6) is 5.75 Å². The van der Waals surface area contributed by atoms with Gasteiger partial charge >= 0.3 is 6.18 Å². The molecule has 1 aromatic carbocycles. The minimum absolute atomic E-state index is 0.143. The van der Waals surface area contributed by atoms with Crippen molar-refractivity contribution in [1.29, 1.82) is 0 Å². The molecule has 0 N–H and O–H groups in total. The van der Waals surface area contributed by atoms with Gasteiger partial charge in [-0.05, 0) is 12.5 Å². The molecule has 0 heterocycles. The van der Waals surface area contributed by atoms with Crippen LogP contribution in [0.25, 0.3) is 0 Å². The predicted molar refractivity (Wildman–Crippen MR) is 66.3 cm³/mol. The summed E-state index contributed by atoms with van der Waals surface area (Å²) >= 11 is 0. The van der Waals surface area contributed by atoms with E-state index in [9.17, 15) is 22.4 Å². The number of carbonyl (C=O) groups excluding carboxylic acids is 1. The highest BCUT2D eigenvalue weighted by Gasteiger charge is 2.43. The maximum Gasteiger partial charge on any atom is 0.450 e. The first-order valence-corrected chi connectivity index (χ1v) is 6.08. The third kappa shape index (κ3) is 3.49. The van der Waals surface area contributed by atoms with E-state index in [0.29, 0.717) is 5.56 Å². The highest BCUT2D eigenvalue weighted by Crippen LogP contribution is 2.39. The molecule has 0 aromatic heterocycles. The van der Waals surface area contributed by atoms with Gasteiger partial charge in [0.1, 0.15) is 11.6 Å². The molecule has 2 nitrogen and oxygen atoms in total. The van der Waals surface area contributed by atoms with Crippen molar-refractivity contribution in [3.8, 4) is 5.75 Å². The van der Waals surface area contributed by atoms with Crippen LogP contribution in [0.4, 0.5) is 17.6 Å².